The summed E-state index contributed by atoms with van der Waals surface area (Å²) in [5.41, 5.74) is 0.474. The first kappa shape index (κ1) is 14.2. The molecule has 0 aliphatic heterocycles. The van der Waals surface area contributed by atoms with Crippen molar-refractivity contribution in [2.45, 2.75) is 32.8 Å². The van der Waals surface area contributed by atoms with Gasteiger partial charge in [-0.15, -0.1) is 0 Å². The van der Waals surface area contributed by atoms with Crippen molar-refractivity contribution >= 4 is 11.9 Å². The summed E-state index contributed by atoms with van der Waals surface area (Å²) in [6, 6.07) is 6.85. The largest absolute Gasteiger partial charge is 0.465 e. The molecular formula is C14H18O4. The van der Waals surface area contributed by atoms with Crippen LogP contribution >= 0.6 is 0 Å². The first-order valence-electron chi connectivity index (χ1n) is 5.71. The van der Waals surface area contributed by atoms with Crippen molar-refractivity contribution < 1.29 is 19.1 Å². The summed E-state index contributed by atoms with van der Waals surface area (Å²) >= 11 is 0. The van der Waals surface area contributed by atoms with Gasteiger partial charge < -0.3 is 9.47 Å². The molecule has 98 valence electrons. The van der Waals surface area contributed by atoms with Crippen LogP contribution in [0.15, 0.2) is 24.3 Å². The van der Waals surface area contributed by atoms with Crippen LogP contribution in [-0.4, -0.2) is 24.6 Å². The highest BCUT2D eigenvalue weighted by atomic mass is 16.6. The predicted octanol–water partition coefficient (Wildman–Crippen LogP) is 2.36. The van der Waals surface area contributed by atoms with E-state index in [2.05, 4.69) is 4.74 Å². The molecule has 0 N–H and O–H groups in total. The van der Waals surface area contributed by atoms with Gasteiger partial charge in [-0.05, 0) is 32.4 Å². The first-order valence-corrected chi connectivity index (χ1v) is 5.71. The van der Waals surface area contributed by atoms with Gasteiger partial charge in [0, 0.05) is 0 Å². The lowest BCUT2D eigenvalue weighted by Gasteiger charge is -2.19. The standard InChI is InChI=1S/C14H18O4/c1-14(2,3)18-12(15)9-10-7-5-6-8-11(10)13(16)17-4/h5-8H,9H2,1-4H3. The molecule has 0 aromatic heterocycles. The highest BCUT2D eigenvalue weighted by Gasteiger charge is 2.19. The van der Waals surface area contributed by atoms with Crippen LogP contribution in [0.4, 0.5) is 0 Å². The van der Waals surface area contributed by atoms with E-state index >= 15 is 0 Å². The van der Waals surface area contributed by atoms with Crippen LogP contribution in [-0.2, 0) is 20.7 Å². The van der Waals surface area contributed by atoms with Crippen molar-refractivity contribution in [2.75, 3.05) is 7.11 Å². The van der Waals surface area contributed by atoms with E-state index in [4.69, 9.17) is 4.74 Å². The minimum absolute atomic E-state index is 0.0581. The van der Waals surface area contributed by atoms with Gasteiger partial charge in [-0.1, -0.05) is 18.2 Å². The van der Waals surface area contributed by atoms with E-state index in [1.165, 1.54) is 7.11 Å². The number of hydrogen-bond acceptors (Lipinski definition) is 4. The maximum absolute atomic E-state index is 11.7. The number of rotatable bonds is 3. The van der Waals surface area contributed by atoms with Gasteiger partial charge in [-0.3, -0.25) is 4.79 Å². The number of esters is 2. The quantitative estimate of drug-likeness (QED) is 0.773. The molecule has 0 saturated carbocycles. The van der Waals surface area contributed by atoms with Crippen molar-refractivity contribution in [3.63, 3.8) is 0 Å². The zero-order chi connectivity index (χ0) is 13.8. The second-order valence-electron chi connectivity index (χ2n) is 4.91. The average Bonchev–Trinajstić information content (AvgIpc) is 2.26. The second-order valence-corrected chi connectivity index (χ2v) is 4.91. The van der Waals surface area contributed by atoms with Crippen LogP contribution in [0.5, 0.6) is 0 Å². The van der Waals surface area contributed by atoms with Crippen LogP contribution in [0, 0.1) is 0 Å². The molecule has 0 unspecified atom stereocenters. The molecule has 0 amide bonds. The monoisotopic (exact) mass is 250 g/mol. The first-order chi connectivity index (χ1) is 8.33. The van der Waals surface area contributed by atoms with Gasteiger partial charge in [0.25, 0.3) is 0 Å². The fourth-order valence-electron chi connectivity index (χ4n) is 1.52. The number of methoxy groups -OCH3 is 1. The Kier molecular flexibility index (Phi) is 4.48. The van der Waals surface area contributed by atoms with Crippen molar-refractivity contribution in [1.82, 2.24) is 0 Å². The Hall–Kier alpha value is -1.84. The summed E-state index contributed by atoms with van der Waals surface area (Å²) in [7, 11) is 1.31. The van der Waals surface area contributed by atoms with Crippen LogP contribution in [0.25, 0.3) is 0 Å². The highest BCUT2D eigenvalue weighted by molar-refractivity contribution is 5.92. The van der Waals surface area contributed by atoms with Crippen LogP contribution in [0.2, 0.25) is 0 Å². The van der Waals surface area contributed by atoms with E-state index in [9.17, 15) is 9.59 Å². The molecule has 4 heteroatoms. The molecule has 4 nitrogen and oxygen atoms in total. The van der Waals surface area contributed by atoms with Gasteiger partial charge in [0.2, 0.25) is 0 Å². The van der Waals surface area contributed by atoms with Crippen molar-refractivity contribution in [3.05, 3.63) is 35.4 Å². The van der Waals surface area contributed by atoms with E-state index in [0.717, 1.165) is 0 Å². The minimum Gasteiger partial charge on any atom is -0.465 e. The van der Waals surface area contributed by atoms with Crippen molar-refractivity contribution in [2.24, 2.45) is 0 Å². The Morgan fingerprint density at radius 2 is 1.78 bits per heavy atom. The van der Waals surface area contributed by atoms with E-state index < -0.39 is 11.6 Å². The molecule has 0 heterocycles. The summed E-state index contributed by atoms with van der Waals surface area (Å²) in [4.78, 5) is 23.2. The Bertz CT molecular complexity index is 443. The molecule has 18 heavy (non-hydrogen) atoms. The molecule has 0 aliphatic rings. The Labute approximate surface area is 107 Å². The zero-order valence-corrected chi connectivity index (χ0v) is 11.1. The third-order valence-electron chi connectivity index (χ3n) is 2.18. The van der Waals surface area contributed by atoms with E-state index in [1.54, 1.807) is 45.0 Å². The van der Waals surface area contributed by atoms with Crippen LogP contribution < -0.4 is 0 Å². The topological polar surface area (TPSA) is 52.6 Å². The predicted molar refractivity (Wildman–Crippen MR) is 67.3 cm³/mol. The lowest BCUT2D eigenvalue weighted by molar-refractivity contribution is -0.153. The van der Waals surface area contributed by atoms with Gasteiger partial charge in [0.05, 0.1) is 19.1 Å². The third kappa shape index (κ3) is 4.20. The maximum atomic E-state index is 11.7. The maximum Gasteiger partial charge on any atom is 0.338 e. The molecule has 0 aliphatic carbocycles. The highest BCUT2D eigenvalue weighted by Crippen LogP contribution is 2.14. The summed E-state index contributed by atoms with van der Waals surface area (Å²) < 4.78 is 9.89. The minimum atomic E-state index is -0.530. The number of carbonyl (C=O) groups excluding carboxylic acids is 2. The SMILES string of the molecule is COC(=O)c1ccccc1CC(=O)OC(C)(C)C. The van der Waals surface area contributed by atoms with E-state index in [0.29, 0.717) is 11.1 Å². The Balaban J connectivity index is 2.85. The van der Waals surface area contributed by atoms with Crippen LogP contribution in [0.1, 0.15) is 36.7 Å². The average molecular weight is 250 g/mol. The Morgan fingerprint density at radius 3 is 2.33 bits per heavy atom. The van der Waals surface area contributed by atoms with E-state index in [-0.39, 0.29) is 12.4 Å². The van der Waals surface area contributed by atoms with Crippen molar-refractivity contribution in [3.8, 4) is 0 Å². The Morgan fingerprint density at radius 1 is 1.17 bits per heavy atom. The molecule has 1 aromatic rings. The molecule has 0 spiro atoms. The zero-order valence-electron chi connectivity index (χ0n) is 11.1. The van der Waals surface area contributed by atoms with Gasteiger partial charge in [-0.25, -0.2) is 4.79 Å². The molecule has 1 rings (SSSR count). The van der Waals surface area contributed by atoms with Gasteiger partial charge in [0.1, 0.15) is 5.60 Å². The summed E-state index contributed by atoms with van der Waals surface area (Å²) in [5, 5.41) is 0. The normalized spacial score (nSPS) is 10.9. The van der Waals surface area contributed by atoms with Gasteiger partial charge >= 0.3 is 11.9 Å². The number of hydrogen-bond donors (Lipinski definition) is 0. The smallest absolute Gasteiger partial charge is 0.338 e. The third-order valence-corrected chi connectivity index (χ3v) is 2.18. The fraction of sp³-hybridized carbons (Fsp3) is 0.429. The lowest BCUT2D eigenvalue weighted by Crippen LogP contribution is -2.25. The molecule has 0 bridgehead atoms. The summed E-state index contributed by atoms with van der Waals surface area (Å²) in [6.07, 6.45) is 0.0581. The fourth-order valence-corrected chi connectivity index (χ4v) is 1.52. The van der Waals surface area contributed by atoms with E-state index in [1.807, 2.05) is 0 Å². The molecular weight excluding hydrogens is 232 g/mol. The van der Waals surface area contributed by atoms with Crippen molar-refractivity contribution in [1.29, 1.82) is 0 Å². The summed E-state index contributed by atoms with van der Waals surface area (Å²) in [5.74, 6) is -0.812. The lowest BCUT2D eigenvalue weighted by atomic mass is 10.0. The number of benzene rings is 1. The number of ether oxygens (including phenoxy) is 2. The molecule has 0 fully saturated rings. The van der Waals surface area contributed by atoms with Crippen LogP contribution in [0.3, 0.4) is 0 Å². The molecule has 0 saturated heterocycles. The molecule has 0 atom stereocenters. The molecule has 1 aromatic carbocycles. The van der Waals surface area contributed by atoms with Gasteiger partial charge in [0.15, 0.2) is 0 Å². The molecule has 0 radical (unpaired) electrons. The summed E-state index contributed by atoms with van der Waals surface area (Å²) in [6.45, 7) is 5.41. The number of carbonyl (C=O) groups is 2. The second kappa shape index (κ2) is 5.67. The van der Waals surface area contributed by atoms with Gasteiger partial charge in [-0.2, -0.15) is 0 Å².